The molecule has 7 rings (SSSR count). The molecule has 1 fully saturated rings. The summed E-state index contributed by atoms with van der Waals surface area (Å²) in [6, 6.07) is 11.0. The van der Waals surface area contributed by atoms with Crippen molar-refractivity contribution in [2.45, 2.75) is 17.9 Å². The molecular formula is C34H28F6O3S4. The highest BCUT2D eigenvalue weighted by molar-refractivity contribution is 8.21. The summed E-state index contributed by atoms with van der Waals surface area (Å²) >= 11 is 10.6. The van der Waals surface area contributed by atoms with Crippen LogP contribution in [0.25, 0.3) is 22.3 Å². The Balaban J connectivity index is 0.000000167. The van der Waals surface area contributed by atoms with E-state index in [9.17, 15) is 26.7 Å². The molecule has 0 aromatic heterocycles. The predicted molar refractivity (Wildman–Crippen MR) is 183 cm³/mol. The van der Waals surface area contributed by atoms with Crippen molar-refractivity contribution >= 4 is 54.6 Å². The molecule has 2 aliphatic carbocycles. The molecule has 0 atom stereocenters. The van der Waals surface area contributed by atoms with Crippen molar-refractivity contribution in [3.8, 4) is 33.8 Å². The van der Waals surface area contributed by atoms with Crippen molar-refractivity contribution in [3.63, 3.8) is 0 Å². The van der Waals surface area contributed by atoms with E-state index in [1.165, 1.54) is 41.7 Å². The number of thiol groups is 2. The smallest absolute Gasteiger partial charge is 0.200 e. The molecule has 4 aromatic rings. The molecule has 0 radical (unpaired) electrons. The third kappa shape index (κ3) is 6.13. The zero-order valence-corrected chi connectivity index (χ0v) is 28.5. The fourth-order valence-corrected chi connectivity index (χ4v) is 9.14. The first-order valence-electron chi connectivity index (χ1n) is 14.5. The molecule has 1 aliphatic heterocycles. The first kappa shape index (κ1) is 35.4. The van der Waals surface area contributed by atoms with Gasteiger partial charge in [-0.3, -0.25) is 4.79 Å². The van der Waals surface area contributed by atoms with Gasteiger partial charge in [0.2, 0.25) is 0 Å². The number of halogens is 6. The third-order valence-electron chi connectivity index (χ3n) is 7.49. The minimum absolute atomic E-state index is 0.0757. The van der Waals surface area contributed by atoms with E-state index in [4.69, 9.17) is 9.47 Å². The summed E-state index contributed by atoms with van der Waals surface area (Å²) in [5.74, 6) is -2.95. The maximum absolute atomic E-state index is 15.1. The maximum atomic E-state index is 15.1. The molecule has 1 saturated heterocycles. The van der Waals surface area contributed by atoms with Crippen LogP contribution in [-0.4, -0.2) is 42.0 Å². The lowest BCUT2D eigenvalue weighted by atomic mass is 10.1. The molecule has 0 unspecified atom stereocenters. The van der Waals surface area contributed by atoms with Gasteiger partial charge in [-0.05, 0) is 77.9 Å². The Morgan fingerprint density at radius 3 is 1.57 bits per heavy atom. The van der Waals surface area contributed by atoms with Crippen LogP contribution in [-0.2, 0) is 4.08 Å². The standard InChI is InChI=1S/C17H13F3OS2.C15H9F3O2.C2H6S2/c1-2-21-12-6-4-10-9-3-5-11(18)15(19)13(9)17(14(10)16(12)20)22-7-8-23-17;1-2-20-10-6-4-8-7-3-5-9(16)13(17)11(7)15(19)12(8)14(10)18;3-1-2-4/h3-6H,2,7-8H2,1H3;3-6H,2H2,1H3;3-4H,1-2H2. The average Bonchev–Trinajstić information content (AvgIpc) is 3.74. The minimum Gasteiger partial charge on any atom is -0.491 e. The van der Waals surface area contributed by atoms with Crippen LogP contribution in [0.15, 0.2) is 48.5 Å². The number of thioether (sulfide) groups is 2. The summed E-state index contributed by atoms with van der Waals surface area (Å²) in [5.41, 5.74) is 1.63. The molecular weight excluding hydrogens is 699 g/mol. The number of hydrogen-bond acceptors (Lipinski definition) is 7. The number of hydrogen-bond donors (Lipinski definition) is 2. The first-order chi connectivity index (χ1) is 22.6. The second-order valence-corrected chi connectivity index (χ2v) is 13.9. The predicted octanol–water partition coefficient (Wildman–Crippen LogP) is 9.72. The van der Waals surface area contributed by atoms with Crippen LogP contribution in [0.2, 0.25) is 0 Å². The van der Waals surface area contributed by atoms with Crippen molar-refractivity contribution in [3.05, 3.63) is 106 Å². The summed E-state index contributed by atoms with van der Waals surface area (Å²) in [5, 5.41) is 0. The van der Waals surface area contributed by atoms with Crippen LogP contribution < -0.4 is 9.47 Å². The monoisotopic (exact) mass is 726 g/mol. The van der Waals surface area contributed by atoms with Gasteiger partial charge in [0.05, 0.1) is 24.3 Å². The highest BCUT2D eigenvalue weighted by Crippen LogP contribution is 2.65. The molecule has 13 heteroatoms. The number of ketones is 1. The molecule has 1 heterocycles. The minimum atomic E-state index is -1.25. The average molecular weight is 727 g/mol. The molecule has 248 valence electrons. The summed E-state index contributed by atoms with van der Waals surface area (Å²) in [7, 11) is 0. The van der Waals surface area contributed by atoms with E-state index in [-0.39, 0.29) is 40.4 Å². The van der Waals surface area contributed by atoms with E-state index in [0.29, 0.717) is 23.3 Å². The van der Waals surface area contributed by atoms with Crippen molar-refractivity contribution in [2.24, 2.45) is 0 Å². The van der Waals surface area contributed by atoms with Gasteiger partial charge in [-0.25, -0.2) is 26.3 Å². The Morgan fingerprint density at radius 2 is 1.04 bits per heavy atom. The summed E-state index contributed by atoms with van der Waals surface area (Å²) in [6.07, 6.45) is 0. The van der Waals surface area contributed by atoms with E-state index in [1.807, 2.05) is 0 Å². The van der Waals surface area contributed by atoms with Gasteiger partial charge < -0.3 is 9.47 Å². The van der Waals surface area contributed by atoms with Gasteiger partial charge in [0.15, 0.2) is 52.2 Å². The van der Waals surface area contributed by atoms with Gasteiger partial charge in [0.1, 0.15) is 4.08 Å². The molecule has 3 nitrogen and oxygen atoms in total. The van der Waals surface area contributed by atoms with Crippen LogP contribution in [0, 0.1) is 34.9 Å². The normalized spacial score (nSPS) is 14.4. The zero-order valence-electron chi connectivity index (χ0n) is 25.1. The van der Waals surface area contributed by atoms with E-state index in [2.05, 4.69) is 25.3 Å². The molecule has 0 bridgehead atoms. The highest BCUT2D eigenvalue weighted by Gasteiger charge is 2.51. The molecule has 0 N–H and O–H groups in total. The van der Waals surface area contributed by atoms with Crippen LogP contribution in [0.1, 0.15) is 40.9 Å². The summed E-state index contributed by atoms with van der Waals surface area (Å²) in [6.45, 7) is 4.04. The lowest BCUT2D eigenvalue weighted by Crippen LogP contribution is -2.17. The van der Waals surface area contributed by atoms with Gasteiger partial charge in [0.25, 0.3) is 0 Å². The van der Waals surface area contributed by atoms with Gasteiger partial charge in [0, 0.05) is 22.6 Å². The van der Waals surface area contributed by atoms with Crippen molar-refractivity contribution in [2.75, 3.05) is 36.2 Å². The second-order valence-electron chi connectivity index (χ2n) is 10.1. The number of rotatable bonds is 5. The molecule has 0 saturated carbocycles. The summed E-state index contributed by atoms with van der Waals surface area (Å²) < 4.78 is 94.2. The fourth-order valence-electron chi connectivity index (χ4n) is 5.69. The van der Waals surface area contributed by atoms with E-state index in [1.54, 1.807) is 32.0 Å². The Bertz CT molecular complexity index is 1840. The molecule has 3 aliphatic rings. The highest BCUT2D eigenvalue weighted by atomic mass is 32.2. The summed E-state index contributed by atoms with van der Waals surface area (Å²) in [4.78, 5) is 12.1. The van der Waals surface area contributed by atoms with Gasteiger partial charge >= 0.3 is 0 Å². The first-order valence-corrected chi connectivity index (χ1v) is 17.7. The van der Waals surface area contributed by atoms with E-state index >= 15 is 4.39 Å². The van der Waals surface area contributed by atoms with E-state index < -0.39 is 50.3 Å². The fraction of sp³-hybridized carbons (Fsp3) is 0.265. The van der Waals surface area contributed by atoms with Gasteiger partial charge in [-0.15, -0.1) is 23.5 Å². The van der Waals surface area contributed by atoms with E-state index in [0.717, 1.165) is 35.1 Å². The second kappa shape index (κ2) is 14.7. The van der Waals surface area contributed by atoms with Crippen molar-refractivity contribution < 1.29 is 40.6 Å². The Kier molecular flexibility index (Phi) is 11.1. The quantitative estimate of drug-likeness (QED) is 0.139. The SMILES string of the molecule is CCOc1ccc2c(c1F)C(=O)c1c-2ccc(F)c1F.CCOc1ccc2c(c1F)C1(SCCS1)c1c-2ccc(F)c1F.SCCS. The lowest BCUT2D eigenvalue weighted by Gasteiger charge is -2.25. The van der Waals surface area contributed by atoms with Gasteiger partial charge in [-0.2, -0.15) is 25.3 Å². The number of benzene rings is 4. The molecule has 47 heavy (non-hydrogen) atoms. The molecule has 4 aromatic carbocycles. The topological polar surface area (TPSA) is 35.5 Å². The van der Waals surface area contributed by atoms with Gasteiger partial charge in [-0.1, -0.05) is 18.2 Å². The number of carbonyl (C=O) groups excluding carboxylic acids is 1. The van der Waals surface area contributed by atoms with Crippen LogP contribution in [0.4, 0.5) is 26.3 Å². The number of fused-ring (bicyclic) bond motifs is 8. The van der Waals surface area contributed by atoms with Crippen LogP contribution >= 0.6 is 48.8 Å². The molecule has 1 spiro atoms. The van der Waals surface area contributed by atoms with Crippen molar-refractivity contribution in [1.82, 2.24) is 0 Å². The largest absolute Gasteiger partial charge is 0.491 e. The number of carbonyl (C=O) groups is 1. The zero-order chi connectivity index (χ0) is 34.0. The van der Waals surface area contributed by atoms with Crippen molar-refractivity contribution in [1.29, 1.82) is 0 Å². The number of ether oxygens (including phenoxy) is 2. The maximum Gasteiger partial charge on any atom is 0.200 e. The molecule has 0 amide bonds. The lowest BCUT2D eigenvalue weighted by molar-refractivity contribution is 0.103. The van der Waals surface area contributed by atoms with Crippen LogP contribution in [0.3, 0.4) is 0 Å². The third-order valence-corrected chi connectivity index (χ3v) is 11.7. The Hall–Kier alpha value is -2.87. The Labute approximate surface area is 287 Å². The van der Waals surface area contributed by atoms with Crippen LogP contribution in [0.5, 0.6) is 11.5 Å². The Morgan fingerprint density at radius 1 is 0.617 bits per heavy atom.